The summed E-state index contributed by atoms with van der Waals surface area (Å²) in [5.41, 5.74) is 4.96. The standard InChI is InChI=1S/C28H30N2O.Na.H/c1-3-4-8-15-22(2)29-26(23-16-9-5-10-17-23)27(24-18-11-6-12-19-24)30(28(29)31)25-20-13-7-14-21-25;;/h5-7,9-14,16-22H,3-4,8,15H2,1-2H3;;. The monoisotopic (exact) mass is 434 g/mol. The van der Waals surface area contributed by atoms with Crippen LogP contribution < -0.4 is 5.69 Å². The van der Waals surface area contributed by atoms with Gasteiger partial charge in [-0.15, -0.1) is 0 Å². The maximum absolute atomic E-state index is 14.0. The second kappa shape index (κ2) is 11.5. The summed E-state index contributed by atoms with van der Waals surface area (Å²) in [6.07, 6.45) is 4.47. The van der Waals surface area contributed by atoms with Crippen LogP contribution in [0.25, 0.3) is 28.2 Å². The van der Waals surface area contributed by atoms with E-state index in [0.717, 1.165) is 41.0 Å². The molecular formula is C28H31N2NaO. The van der Waals surface area contributed by atoms with Crippen molar-refractivity contribution >= 4 is 29.6 Å². The zero-order valence-electron chi connectivity index (χ0n) is 18.4. The van der Waals surface area contributed by atoms with Gasteiger partial charge >= 0.3 is 35.2 Å². The summed E-state index contributed by atoms with van der Waals surface area (Å²) in [4.78, 5) is 14.0. The van der Waals surface area contributed by atoms with Crippen LogP contribution in [0.3, 0.4) is 0 Å². The molecule has 3 nitrogen and oxygen atoms in total. The topological polar surface area (TPSA) is 26.9 Å². The SMILES string of the molecule is CCCCCC(C)n1c(-c2ccccc2)c(-c2ccccc2)n(-c2ccccc2)c1=O.[NaH]. The fraction of sp³-hybridized carbons (Fsp3) is 0.250. The molecule has 1 heterocycles. The Kier molecular flexibility index (Phi) is 8.75. The van der Waals surface area contributed by atoms with E-state index in [4.69, 9.17) is 0 Å². The number of nitrogens with zero attached hydrogens (tertiary/aromatic N) is 2. The van der Waals surface area contributed by atoms with Crippen molar-refractivity contribution < 1.29 is 0 Å². The van der Waals surface area contributed by atoms with Crippen LogP contribution in [-0.4, -0.2) is 38.7 Å². The quantitative estimate of drug-likeness (QED) is 0.231. The molecule has 4 rings (SSSR count). The fourth-order valence-corrected chi connectivity index (χ4v) is 4.30. The second-order valence-corrected chi connectivity index (χ2v) is 8.10. The number of rotatable bonds is 8. The number of para-hydroxylation sites is 1. The molecule has 32 heavy (non-hydrogen) atoms. The molecule has 4 heteroatoms. The third-order valence-corrected chi connectivity index (χ3v) is 5.86. The van der Waals surface area contributed by atoms with E-state index in [-0.39, 0.29) is 41.3 Å². The molecule has 0 spiro atoms. The molecule has 0 radical (unpaired) electrons. The van der Waals surface area contributed by atoms with Gasteiger partial charge in [0.25, 0.3) is 0 Å². The molecule has 0 saturated carbocycles. The summed E-state index contributed by atoms with van der Waals surface area (Å²) in [6, 6.07) is 30.7. The molecule has 1 atom stereocenters. The van der Waals surface area contributed by atoms with Gasteiger partial charge in [0.05, 0.1) is 17.1 Å². The van der Waals surface area contributed by atoms with Gasteiger partial charge in [0, 0.05) is 17.2 Å². The molecule has 0 aliphatic heterocycles. The van der Waals surface area contributed by atoms with Crippen LogP contribution in [0.4, 0.5) is 0 Å². The van der Waals surface area contributed by atoms with E-state index in [0.29, 0.717) is 0 Å². The first-order chi connectivity index (χ1) is 15.2. The van der Waals surface area contributed by atoms with Crippen molar-refractivity contribution in [1.82, 2.24) is 9.13 Å². The van der Waals surface area contributed by atoms with Crippen LogP contribution in [0, 0.1) is 0 Å². The van der Waals surface area contributed by atoms with Gasteiger partial charge in [0.15, 0.2) is 0 Å². The molecule has 3 aromatic carbocycles. The van der Waals surface area contributed by atoms with E-state index in [9.17, 15) is 4.79 Å². The molecule has 0 fully saturated rings. The van der Waals surface area contributed by atoms with Crippen molar-refractivity contribution in [2.24, 2.45) is 0 Å². The van der Waals surface area contributed by atoms with Crippen molar-refractivity contribution in [1.29, 1.82) is 0 Å². The summed E-state index contributed by atoms with van der Waals surface area (Å²) in [5, 5.41) is 0. The molecular weight excluding hydrogens is 403 g/mol. The minimum absolute atomic E-state index is 0. The summed E-state index contributed by atoms with van der Waals surface area (Å²) in [6.45, 7) is 4.39. The van der Waals surface area contributed by atoms with Gasteiger partial charge < -0.3 is 0 Å². The van der Waals surface area contributed by atoms with E-state index in [1.807, 2.05) is 75.9 Å². The van der Waals surface area contributed by atoms with E-state index in [1.54, 1.807) is 0 Å². The van der Waals surface area contributed by atoms with E-state index in [1.165, 1.54) is 12.8 Å². The maximum atomic E-state index is 14.0. The Bertz CT molecular complexity index is 1160. The molecule has 0 amide bonds. The molecule has 0 aliphatic carbocycles. The molecule has 0 N–H and O–H groups in total. The summed E-state index contributed by atoms with van der Waals surface area (Å²) in [7, 11) is 0. The first kappa shape index (κ1) is 24.3. The number of hydrogen-bond acceptors (Lipinski definition) is 1. The predicted molar refractivity (Wildman–Crippen MR) is 137 cm³/mol. The average molecular weight is 435 g/mol. The van der Waals surface area contributed by atoms with Gasteiger partial charge in [-0.3, -0.25) is 9.13 Å². The molecule has 160 valence electrons. The number of benzene rings is 3. The predicted octanol–water partition coefficient (Wildman–Crippen LogP) is 6.47. The van der Waals surface area contributed by atoms with Crippen LogP contribution >= 0.6 is 0 Å². The third-order valence-electron chi connectivity index (χ3n) is 5.86. The Balaban J connectivity index is 0.00000289. The number of hydrogen-bond donors (Lipinski definition) is 0. The van der Waals surface area contributed by atoms with E-state index in [2.05, 4.69) is 38.1 Å². The number of unbranched alkanes of at least 4 members (excludes halogenated alkanes) is 2. The Hall–Kier alpha value is -2.33. The van der Waals surface area contributed by atoms with E-state index < -0.39 is 0 Å². The first-order valence-corrected chi connectivity index (χ1v) is 11.3. The van der Waals surface area contributed by atoms with E-state index >= 15 is 0 Å². The number of aromatic nitrogens is 2. The average Bonchev–Trinajstić information content (AvgIpc) is 3.14. The Morgan fingerprint density at radius 1 is 0.719 bits per heavy atom. The van der Waals surface area contributed by atoms with Crippen molar-refractivity contribution in [3.05, 3.63) is 101 Å². The molecule has 0 bridgehead atoms. The molecule has 1 aromatic heterocycles. The van der Waals surface area contributed by atoms with Crippen LogP contribution in [0.15, 0.2) is 95.8 Å². The van der Waals surface area contributed by atoms with Crippen LogP contribution in [-0.2, 0) is 0 Å². The molecule has 1 unspecified atom stereocenters. The van der Waals surface area contributed by atoms with Crippen molar-refractivity contribution in [2.75, 3.05) is 0 Å². The Morgan fingerprint density at radius 2 is 1.22 bits per heavy atom. The summed E-state index contributed by atoms with van der Waals surface area (Å²) < 4.78 is 3.90. The van der Waals surface area contributed by atoms with Gasteiger partial charge in [-0.2, -0.15) is 0 Å². The number of imidazole rings is 1. The second-order valence-electron chi connectivity index (χ2n) is 8.10. The van der Waals surface area contributed by atoms with Gasteiger partial charge in [-0.1, -0.05) is 105 Å². The molecule has 0 aliphatic rings. The van der Waals surface area contributed by atoms with Gasteiger partial charge in [0.2, 0.25) is 0 Å². The zero-order valence-corrected chi connectivity index (χ0v) is 18.4. The van der Waals surface area contributed by atoms with Crippen molar-refractivity contribution in [3.63, 3.8) is 0 Å². The fourth-order valence-electron chi connectivity index (χ4n) is 4.30. The van der Waals surface area contributed by atoms with Crippen molar-refractivity contribution in [3.8, 4) is 28.2 Å². The Labute approximate surface area is 213 Å². The van der Waals surface area contributed by atoms with Crippen molar-refractivity contribution in [2.45, 2.75) is 45.6 Å². The first-order valence-electron chi connectivity index (χ1n) is 11.3. The van der Waals surface area contributed by atoms with Crippen LogP contribution in [0.1, 0.15) is 45.6 Å². The third kappa shape index (κ3) is 5.01. The molecule has 4 aromatic rings. The zero-order chi connectivity index (χ0) is 21.6. The van der Waals surface area contributed by atoms with Crippen LogP contribution in [0.5, 0.6) is 0 Å². The normalized spacial score (nSPS) is 11.7. The van der Waals surface area contributed by atoms with Gasteiger partial charge in [-0.25, -0.2) is 4.79 Å². The summed E-state index contributed by atoms with van der Waals surface area (Å²) >= 11 is 0. The van der Waals surface area contributed by atoms with Crippen LogP contribution in [0.2, 0.25) is 0 Å². The Morgan fingerprint density at radius 3 is 1.75 bits per heavy atom. The minimum atomic E-state index is 0. The summed E-state index contributed by atoms with van der Waals surface area (Å²) in [5.74, 6) is 0. The van der Waals surface area contributed by atoms with Gasteiger partial charge in [-0.05, 0) is 25.5 Å². The molecule has 0 saturated heterocycles. The van der Waals surface area contributed by atoms with Gasteiger partial charge in [0.1, 0.15) is 0 Å².